The zero-order valence-electron chi connectivity index (χ0n) is 25.3. The van der Waals surface area contributed by atoms with Crippen LogP contribution in [0.4, 0.5) is 0 Å². The van der Waals surface area contributed by atoms with Gasteiger partial charge >= 0.3 is 0 Å². The van der Waals surface area contributed by atoms with Crippen molar-refractivity contribution >= 4 is 76.5 Å². The smallest absolute Gasteiger partial charge is 0.143 e. The molecule has 3 aromatic heterocycles. The molecule has 0 saturated heterocycles. The van der Waals surface area contributed by atoms with E-state index in [2.05, 4.69) is 129 Å². The minimum absolute atomic E-state index is 0.838. The van der Waals surface area contributed by atoms with Gasteiger partial charge in [0.1, 0.15) is 22.3 Å². The molecule has 0 saturated carbocycles. The third-order valence-corrected chi connectivity index (χ3v) is 9.57. The Balaban J connectivity index is 1.16. The van der Waals surface area contributed by atoms with E-state index in [1.165, 1.54) is 10.8 Å². The van der Waals surface area contributed by atoms with E-state index < -0.39 is 0 Å². The summed E-state index contributed by atoms with van der Waals surface area (Å²) in [5.74, 6) is 0. The van der Waals surface area contributed by atoms with E-state index in [0.29, 0.717) is 0 Å². The molecule has 4 nitrogen and oxygen atoms in total. The van der Waals surface area contributed by atoms with Crippen LogP contribution in [0.1, 0.15) is 11.1 Å². The number of hydrogen-bond acceptors (Lipinski definition) is 4. The van der Waals surface area contributed by atoms with Crippen LogP contribution in [0.2, 0.25) is 0 Å². The lowest BCUT2D eigenvalue weighted by Crippen LogP contribution is -1.92. The van der Waals surface area contributed by atoms with Crippen LogP contribution in [0.25, 0.3) is 98.8 Å². The fourth-order valence-corrected chi connectivity index (χ4v) is 7.34. The van der Waals surface area contributed by atoms with Gasteiger partial charge in [-0.2, -0.15) is 0 Å². The second-order valence-electron chi connectivity index (χ2n) is 12.2. The van der Waals surface area contributed by atoms with Gasteiger partial charge in [0.2, 0.25) is 0 Å². The maximum absolute atomic E-state index is 6.71. The van der Waals surface area contributed by atoms with E-state index in [0.717, 1.165) is 99.2 Å². The lowest BCUT2D eigenvalue weighted by Gasteiger charge is -2.11. The first kappa shape index (κ1) is 25.3. The van der Waals surface area contributed by atoms with Crippen molar-refractivity contribution < 1.29 is 8.83 Å². The van der Waals surface area contributed by atoms with Crippen molar-refractivity contribution in [1.82, 2.24) is 9.97 Å². The van der Waals surface area contributed by atoms with Crippen LogP contribution in [0, 0.1) is 13.8 Å². The molecule has 10 aromatic rings. The van der Waals surface area contributed by atoms with E-state index >= 15 is 0 Å². The lowest BCUT2D eigenvalue weighted by molar-refractivity contribution is 0.649. The molecule has 216 valence electrons. The maximum atomic E-state index is 6.71. The SMILES string of the molecule is Cc1cccc2c1oc1c(C)c3oc4c(-c5cccc(-c6cnc7c8ccccc8c8ccccc8c7n6)c5)cccc4c3cc12. The number of furan rings is 2. The highest BCUT2D eigenvalue weighted by Gasteiger charge is 2.20. The molecule has 4 heteroatoms. The highest BCUT2D eigenvalue weighted by Crippen LogP contribution is 2.43. The van der Waals surface area contributed by atoms with Gasteiger partial charge in [-0.3, -0.25) is 4.98 Å². The first-order valence-corrected chi connectivity index (χ1v) is 15.6. The van der Waals surface area contributed by atoms with E-state index in [1.54, 1.807) is 0 Å². The molecule has 0 bridgehead atoms. The minimum atomic E-state index is 0.838. The molecule has 0 radical (unpaired) electrons. The standard InChI is InChI=1S/C42H26N2O2/c1-23-10-7-18-32-34-21-35-33-19-9-17-27(42(33)46-41(35)24(2)40(34)45-39(23)32)25-11-8-12-26(20-25)36-22-43-37-30-15-5-3-13-28(30)29-14-4-6-16-31(29)38(37)44-36/h3-22H,1-2H3. The van der Waals surface area contributed by atoms with Gasteiger partial charge in [0, 0.05) is 49.0 Å². The summed E-state index contributed by atoms with van der Waals surface area (Å²) in [6.45, 7) is 4.18. The van der Waals surface area contributed by atoms with Crippen LogP contribution in [-0.2, 0) is 0 Å². The van der Waals surface area contributed by atoms with Crippen LogP contribution < -0.4 is 0 Å². The van der Waals surface area contributed by atoms with Gasteiger partial charge in [0.05, 0.1) is 22.9 Å². The second-order valence-corrected chi connectivity index (χ2v) is 12.2. The first-order chi connectivity index (χ1) is 22.6. The van der Waals surface area contributed by atoms with Gasteiger partial charge in [0.15, 0.2) is 0 Å². The Morgan fingerprint density at radius 3 is 1.80 bits per heavy atom. The zero-order chi connectivity index (χ0) is 30.5. The normalized spacial score (nSPS) is 12.1. The van der Waals surface area contributed by atoms with Gasteiger partial charge in [-0.25, -0.2) is 4.98 Å². The molecule has 7 aromatic carbocycles. The monoisotopic (exact) mass is 590 g/mol. The largest absolute Gasteiger partial charge is 0.455 e. The van der Waals surface area contributed by atoms with Crippen molar-refractivity contribution in [2.45, 2.75) is 13.8 Å². The molecule has 0 aliphatic heterocycles. The highest BCUT2D eigenvalue weighted by atomic mass is 16.3. The molecular formula is C42H26N2O2. The number of fused-ring (bicyclic) bond motifs is 12. The Kier molecular flexibility index (Phi) is 5.10. The fourth-order valence-electron chi connectivity index (χ4n) is 7.34. The predicted molar refractivity (Wildman–Crippen MR) is 189 cm³/mol. The first-order valence-electron chi connectivity index (χ1n) is 15.6. The number of aromatic nitrogens is 2. The highest BCUT2D eigenvalue weighted by molar-refractivity contribution is 6.23. The number of aryl methyl sites for hydroxylation is 2. The molecule has 0 amide bonds. The maximum Gasteiger partial charge on any atom is 0.143 e. The molecule has 0 aliphatic carbocycles. The van der Waals surface area contributed by atoms with Crippen LogP contribution in [0.5, 0.6) is 0 Å². The van der Waals surface area contributed by atoms with Crippen molar-refractivity contribution in [3.63, 3.8) is 0 Å². The number of hydrogen-bond donors (Lipinski definition) is 0. The quantitative estimate of drug-likeness (QED) is 0.188. The number of para-hydroxylation sites is 2. The van der Waals surface area contributed by atoms with E-state index in [4.69, 9.17) is 18.8 Å². The van der Waals surface area contributed by atoms with E-state index in [-0.39, 0.29) is 0 Å². The van der Waals surface area contributed by atoms with Crippen LogP contribution in [-0.4, -0.2) is 9.97 Å². The predicted octanol–water partition coefficient (Wildman–Crippen LogP) is 11.7. The average Bonchev–Trinajstić information content (AvgIpc) is 3.68. The summed E-state index contributed by atoms with van der Waals surface area (Å²) in [6, 6.07) is 40.4. The van der Waals surface area contributed by atoms with Crippen molar-refractivity contribution in [1.29, 1.82) is 0 Å². The average molecular weight is 591 g/mol. The van der Waals surface area contributed by atoms with Crippen LogP contribution >= 0.6 is 0 Å². The number of rotatable bonds is 2. The number of benzene rings is 7. The Morgan fingerprint density at radius 1 is 0.457 bits per heavy atom. The van der Waals surface area contributed by atoms with Crippen molar-refractivity contribution in [2.75, 3.05) is 0 Å². The third-order valence-electron chi connectivity index (χ3n) is 9.57. The lowest BCUT2D eigenvalue weighted by atomic mass is 9.98. The molecule has 0 aliphatic rings. The summed E-state index contributed by atoms with van der Waals surface area (Å²) in [4.78, 5) is 10.2. The van der Waals surface area contributed by atoms with E-state index in [9.17, 15) is 0 Å². The third kappa shape index (κ3) is 3.44. The van der Waals surface area contributed by atoms with Gasteiger partial charge in [-0.15, -0.1) is 0 Å². The molecule has 3 heterocycles. The summed E-state index contributed by atoms with van der Waals surface area (Å²) >= 11 is 0. The van der Waals surface area contributed by atoms with Gasteiger partial charge < -0.3 is 8.83 Å². The Hall–Kier alpha value is -6.00. The summed E-state index contributed by atoms with van der Waals surface area (Å²) in [7, 11) is 0. The second kappa shape index (κ2) is 9.26. The minimum Gasteiger partial charge on any atom is -0.455 e. The molecule has 0 atom stereocenters. The summed E-state index contributed by atoms with van der Waals surface area (Å²) < 4.78 is 13.1. The Bertz CT molecular complexity index is 2860. The zero-order valence-corrected chi connectivity index (χ0v) is 25.3. The van der Waals surface area contributed by atoms with Crippen LogP contribution in [0.3, 0.4) is 0 Å². The molecule has 0 spiro atoms. The van der Waals surface area contributed by atoms with E-state index in [1.807, 2.05) is 6.20 Å². The van der Waals surface area contributed by atoms with Crippen LogP contribution in [0.15, 0.2) is 130 Å². The van der Waals surface area contributed by atoms with Gasteiger partial charge in [0.25, 0.3) is 0 Å². The molecule has 0 N–H and O–H groups in total. The molecule has 46 heavy (non-hydrogen) atoms. The summed E-state index contributed by atoms with van der Waals surface area (Å²) in [5, 5.41) is 9.05. The molecule has 0 unspecified atom stereocenters. The molecular weight excluding hydrogens is 564 g/mol. The van der Waals surface area contributed by atoms with Crippen molar-refractivity contribution in [2.24, 2.45) is 0 Å². The Labute approximate surface area is 263 Å². The Morgan fingerprint density at radius 2 is 1.04 bits per heavy atom. The van der Waals surface area contributed by atoms with Crippen molar-refractivity contribution in [3.8, 4) is 22.4 Å². The fraction of sp³-hybridized carbons (Fsp3) is 0.0476. The molecule has 0 fully saturated rings. The van der Waals surface area contributed by atoms with Gasteiger partial charge in [-0.05, 0) is 47.9 Å². The topological polar surface area (TPSA) is 52.1 Å². The van der Waals surface area contributed by atoms with Crippen molar-refractivity contribution in [3.05, 3.63) is 133 Å². The molecule has 10 rings (SSSR count). The summed E-state index contributed by atoms with van der Waals surface area (Å²) in [6.07, 6.45) is 1.90. The number of nitrogens with zero attached hydrogens (tertiary/aromatic N) is 2. The van der Waals surface area contributed by atoms with Gasteiger partial charge in [-0.1, -0.05) is 103 Å². The summed E-state index contributed by atoms with van der Waals surface area (Å²) in [5.41, 5.74) is 11.5.